The topological polar surface area (TPSA) is 15.3 Å². The molecule has 1 aliphatic heterocycles. The van der Waals surface area contributed by atoms with E-state index < -0.39 is 18.0 Å². The molecule has 0 radical (unpaired) electrons. The Morgan fingerprint density at radius 3 is 2.28 bits per heavy atom. The molecule has 0 aromatic heterocycles. The fraction of sp³-hybridized carbons (Fsp3) is 0.500. The van der Waals surface area contributed by atoms with Crippen molar-refractivity contribution in [3.8, 4) is 0 Å². The molecule has 0 aliphatic carbocycles. The fourth-order valence-corrected chi connectivity index (χ4v) is 2.22. The summed E-state index contributed by atoms with van der Waals surface area (Å²) in [6.07, 6.45) is -4.47. The molecule has 1 saturated heterocycles. The first-order valence-corrected chi connectivity index (χ1v) is 5.76. The monoisotopic (exact) mass is 262 g/mol. The first kappa shape index (κ1) is 13.3. The molecule has 1 aromatic carbocycles. The maximum absolute atomic E-state index is 13.6. The molecule has 1 aromatic rings. The standard InChI is InChI=1S/C12H14F4N2/c13-10-4-2-1-3-9(10)11(12(14,15)16)18-7-5-17-6-8-18/h1-4,11,17H,5-8H2/t11-/m1/s1. The molecule has 0 unspecified atom stereocenters. The smallest absolute Gasteiger partial charge is 0.314 e. The minimum atomic E-state index is -4.47. The summed E-state index contributed by atoms with van der Waals surface area (Å²) in [5.74, 6) is -0.807. The van der Waals surface area contributed by atoms with Crippen LogP contribution in [-0.4, -0.2) is 37.3 Å². The summed E-state index contributed by atoms with van der Waals surface area (Å²) in [5, 5.41) is 2.98. The summed E-state index contributed by atoms with van der Waals surface area (Å²) in [6, 6.07) is 3.23. The number of benzene rings is 1. The van der Waals surface area contributed by atoms with Gasteiger partial charge in [0.05, 0.1) is 0 Å². The Bertz CT molecular complexity index is 399. The Labute approximate surface area is 103 Å². The van der Waals surface area contributed by atoms with Crippen molar-refractivity contribution in [2.45, 2.75) is 12.2 Å². The quantitative estimate of drug-likeness (QED) is 0.823. The van der Waals surface area contributed by atoms with Gasteiger partial charge in [-0.05, 0) is 6.07 Å². The largest absolute Gasteiger partial charge is 0.408 e. The van der Waals surface area contributed by atoms with Crippen molar-refractivity contribution in [1.82, 2.24) is 10.2 Å². The minimum Gasteiger partial charge on any atom is -0.314 e. The Hall–Kier alpha value is -1.14. The summed E-state index contributed by atoms with van der Waals surface area (Å²) >= 11 is 0. The maximum Gasteiger partial charge on any atom is 0.408 e. The molecule has 0 spiro atoms. The maximum atomic E-state index is 13.6. The number of piperazine rings is 1. The van der Waals surface area contributed by atoms with Gasteiger partial charge in [0.2, 0.25) is 0 Å². The number of alkyl halides is 3. The van der Waals surface area contributed by atoms with Crippen LogP contribution in [0.2, 0.25) is 0 Å². The predicted octanol–water partition coefficient (Wildman–Crippen LogP) is 2.33. The molecule has 1 atom stereocenters. The highest BCUT2D eigenvalue weighted by molar-refractivity contribution is 5.23. The van der Waals surface area contributed by atoms with Crippen LogP contribution in [0.4, 0.5) is 17.6 Å². The number of rotatable bonds is 2. The highest BCUT2D eigenvalue weighted by Gasteiger charge is 2.45. The third-order valence-electron chi connectivity index (χ3n) is 3.03. The second kappa shape index (κ2) is 5.24. The SMILES string of the molecule is Fc1ccccc1[C@@H](N1CCNCC1)C(F)(F)F. The first-order chi connectivity index (χ1) is 8.50. The molecule has 1 fully saturated rings. The van der Waals surface area contributed by atoms with Crippen molar-refractivity contribution in [2.24, 2.45) is 0 Å². The lowest BCUT2D eigenvalue weighted by atomic mass is 10.0. The van der Waals surface area contributed by atoms with Crippen LogP contribution < -0.4 is 5.32 Å². The van der Waals surface area contributed by atoms with E-state index in [-0.39, 0.29) is 18.7 Å². The van der Waals surface area contributed by atoms with E-state index in [2.05, 4.69) is 5.32 Å². The molecule has 0 saturated carbocycles. The van der Waals surface area contributed by atoms with Gasteiger partial charge in [-0.1, -0.05) is 18.2 Å². The Morgan fingerprint density at radius 1 is 1.11 bits per heavy atom. The summed E-state index contributed by atoms with van der Waals surface area (Å²) in [7, 11) is 0. The van der Waals surface area contributed by atoms with E-state index in [1.54, 1.807) is 0 Å². The van der Waals surface area contributed by atoms with Gasteiger partial charge in [-0.25, -0.2) is 4.39 Å². The van der Waals surface area contributed by atoms with E-state index in [0.717, 1.165) is 6.07 Å². The van der Waals surface area contributed by atoms with E-state index >= 15 is 0 Å². The molecule has 0 bridgehead atoms. The predicted molar refractivity (Wildman–Crippen MR) is 59.6 cm³/mol. The molecule has 0 amide bonds. The second-order valence-electron chi connectivity index (χ2n) is 4.25. The lowest BCUT2D eigenvalue weighted by molar-refractivity contribution is -0.188. The average Bonchev–Trinajstić information content (AvgIpc) is 2.32. The van der Waals surface area contributed by atoms with Crippen molar-refractivity contribution in [2.75, 3.05) is 26.2 Å². The van der Waals surface area contributed by atoms with Crippen LogP contribution >= 0.6 is 0 Å². The van der Waals surface area contributed by atoms with E-state index in [0.29, 0.717) is 13.1 Å². The number of hydrogen-bond acceptors (Lipinski definition) is 2. The zero-order chi connectivity index (χ0) is 13.2. The summed E-state index contributed by atoms with van der Waals surface area (Å²) in [6.45, 7) is 1.50. The Balaban J connectivity index is 2.34. The van der Waals surface area contributed by atoms with Crippen molar-refractivity contribution in [3.63, 3.8) is 0 Å². The van der Waals surface area contributed by atoms with Gasteiger partial charge in [0.1, 0.15) is 11.9 Å². The molecule has 2 nitrogen and oxygen atoms in total. The number of nitrogens with one attached hydrogen (secondary N) is 1. The van der Waals surface area contributed by atoms with Gasteiger partial charge in [0, 0.05) is 31.7 Å². The van der Waals surface area contributed by atoms with E-state index in [9.17, 15) is 17.6 Å². The fourth-order valence-electron chi connectivity index (χ4n) is 2.22. The zero-order valence-electron chi connectivity index (χ0n) is 9.67. The molecule has 18 heavy (non-hydrogen) atoms. The molecule has 1 heterocycles. The van der Waals surface area contributed by atoms with Crippen molar-refractivity contribution < 1.29 is 17.6 Å². The first-order valence-electron chi connectivity index (χ1n) is 5.76. The van der Waals surface area contributed by atoms with Crippen LogP contribution in [0.5, 0.6) is 0 Å². The Kier molecular flexibility index (Phi) is 3.87. The molecule has 1 aliphatic rings. The van der Waals surface area contributed by atoms with E-state index in [1.807, 2.05) is 0 Å². The van der Waals surface area contributed by atoms with Crippen LogP contribution in [0.25, 0.3) is 0 Å². The van der Waals surface area contributed by atoms with Crippen LogP contribution in [0, 0.1) is 5.82 Å². The van der Waals surface area contributed by atoms with E-state index in [1.165, 1.54) is 23.1 Å². The van der Waals surface area contributed by atoms with Gasteiger partial charge in [-0.2, -0.15) is 13.2 Å². The molecule has 1 N–H and O–H groups in total. The Morgan fingerprint density at radius 2 is 1.72 bits per heavy atom. The van der Waals surface area contributed by atoms with E-state index in [4.69, 9.17) is 0 Å². The third-order valence-corrected chi connectivity index (χ3v) is 3.03. The normalized spacial score (nSPS) is 19.8. The number of nitrogens with zero attached hydrogens (tertiary/aromatic N) is 1. The number of halogens is 4. The van der Waals surface area contributed by atoms with Gasteiger partial charge in [0.25, 0.3) is 0 Å². The van der Waals surface area contributed by atoms with Crippen LogP contribution in [0.3, 0.4) is 0 Å². The van der Waals surface area contributed by atoms with Crippen molar-refractivity contribution in [1.29, 1.82) is 0 Å². The molecule has 2 rings (SSSR count). The highest BCUT2D eigenvalue weighted by atomic mass is 19.4. The average molecular weight is 262 g/mol. The number of hydrogen-bond donors (Lipinski definition) is 1. The van der Waals surface area contributed by atoms with Crippen molar-refractivity contribution >= 4 is 0 Å². The third kappa shape index (κ3) is 2.81. The highest BCUT2D eigenvalue weighted by Crippen LogP contribution is 2.38. The second-order valence-corrected chi connectivity index (χ2v) is 4.25. The van der Waals surface area contributed by atoms with Crippen LogP contribution in [0.15, 0.2) is 24.3 Å². The minimum absolute atomic E-state index is 0.262. The van der Waals surface area contributed by atoms with Gasteiger partial charge in [-0.3, -0.25) is 4.90 Å². The molecule has 6 heteroatoms. The van der Waals surface area contributed by atoms with Crippen LogP contribution in [0.1, 0.15) is 11.6 Å². The van der Waals surface area contributed by atoms with Gasteiger partial charge >= 0.3 is 6.18 Å². The molecule has 100 valence electrons. The summed E-state index contributed by atoms with van der Waals surface area (Å²) < 4.78 is 53.0. The molecular weight excluding hydrogens is 248 g/mol. The van der Waals surface area contributed by atoms with Gasteiger partial charge in [0.15, 0.2) is 0 Å². The lowest BCUT2D eigenvalue weighted by Gasteiger charge is -2.36. The zero-order valence-corrected chi connectivity index (χ0v) is 9.67. The van der Waals surface area contributed by atoms with Gasteiger partial charge in [-0.15, -0.1) is 0 Å². The molecular formula is C12H14F4N2. The lowest BCUT2D eigenvalue weighted by Crippen LogP contribution is -2.49. The van der Waals surface area contributed by atoms with Crippen LogP contribution in [-0.2, 0) is 0 Å². The summed E-state index contributed by atoms with van der Waals surface area (Å²) in [4.78, 5) is 1.27. The van der Waals surface area contributed by atoms with Gasteiger partial charge < -0.3 is 5.32 Å². The van der Waals surface area contributed by atoms with Crippen molar-refractivity contribution in [3.05, 3.63) is 35.6 Å². The summed E-state index contributed by atoms with van der Waals surface area (Å²) in [5.41, 5.74) is -0.299.